The molecule has 9 nitrogen and oxygen atoms in total. The van der Waals surface area contributed by atoms with Crippen LogP contribution in [0.25, 0.3) is 0 Å². The number of ether oxygens (including phenoxy) is 2. The Kier molecular flexibility index (Phi) is 37.7. The van der Waals surface area contributed by atoms with Crippen LogP contribution in [0.1, 0.15) is 117 Å². The fraction of sp³-hybridized carbons (Fsp3) is 0.568. The fourth-order valence-corrected chi connectivity index (χ4v) is 5.29. The van der Waals surface area contributed by atoms with Gasteiger partial charge in [-0.2, -0.15) is 0 Å². The summed E-state index contributed by atoms with van der Waals surface area (Å²) in [6.45, 7) is 3.04. The van der Waals surface area contributed by atoms with Gasteiger partial charge in [0.2, 0.25) is 0 Å². The third-order valence-corrected chi connectivity index (χ3v) is 8.40. The summed E-state index contributed by atoms with van der Waals surface area (Å²) in [5, 5.41) is 18.3. The quantitative estimate of drug-likeness (QED) is 0.0246. The topological polar surface area (TPSA) is 132 Å². The number of hydrogen-bond acceptors (Lipinski definition) is 8. The molecule has 0 amide bonds. The minimum Gasteiger partial charge on any atom is -0.457 e. The van der Waals surface area contributed by atoms with Crippen LogP contribution in [-0.4, -0.2) is 66.3 Å². The average molecular weight is 775 g/mol. The Morgan fingerprint density at radius 3 is 1.46 bits per heavy atom. The van der Waals surface area contributed by atoms with Crippen LogP contribution in [0.15, 0.2) is 109 Å². The van der Waals surface area contributed by atoms with E-state index in [-0.39, 0.29) is 13.0 Å². The molecule has 10 heteroatoms. The standard InChI is InChI=1S/C44H71O9P/c1-3-5-7-9-11-13-15-17-19-20-21-22-23-24-26-28-30-32-34-36-44(47)53-43(41-52-54(48,49)51-39-42(46)38-45)40-50-37-35-33-31-29-27-25-18-16-14-12-10-8-6-4-2/h5-8,11-14,17-19,21-22,24-26,29,31,42-43,45-46H,3-4,9-10,15-16,20,23,27-28,30,32-41H2,1-2H3,(H,48,49)/b7-5-,8-6-,13-11-,14-12-,19-17-,22-21-,25-18-,26-24-,31-29-. The summed E-state index contributed by atoms with van der Waals surface area (Å²) in [6, 6.07) is 0. The summed E-state index contributed by atoms with van der Waals surface area (Å²) in [5.41, 5.74) is 0. The predicted molar refractivity (Wildman–Crippen MR) is 223 cm³/mol. The molecule has 0 aromatic heterocycles. The van der Waals surface area contributed by atoms with E-state index in [1.54, 1.807) is 0 Å². The predicted octanol–water partition coefficient (Wildman–Crippen LogP) is 10.7. The van der Waals surface area contributed by atoms with Crippen molar-refractivity contribution in [3.8, 4) is 0 Å². The lowest BCUT2D eigenvalue weighted by atomic mass is 10.1. The first-order valence-electron chi connectivity index (χ1n) is 19.9. The summed E-state index contributed by atoms with van der Waals surface area (Å²) in [6.07, 6.45) is 50.6. The molecule has 306 valence electrons. The molecular formula is C44H71O9P. The van der Waals surface area contributed by atoms with Gasteiger partial charge < -0.3 is 24.6 Å². The van der Waals surface area contributed by atoms with Gasteiger partial charge in [-0.3, -0.25) is 13.8 Å². The Balaban J connectivity index is 4.40. The molecule has 0 aliphatic rings. The molecule has 0 saturated heterocycles. The minimum atomic E-state index is -4.55. The maximum atomic E-state index is 12.6. The van der Waals surface area contributed by atoms with Crippen molar-refractivity contribution in [2.45, 2.75) is 129 Å². The molecule has 0 bridgehead atoms. The molecule has 3 N–H and O–H groups in total. The van der Waals surface area contributed by atoms with Crippen molar-refractivity contribution in [3.05, 3.63) is 109 Å². The lowest BCUT2D eigenvalue weighted by Gasteiger charge is -2.20. The molecule has 0 aliphatic carbocycles. The molecule has 0 saturated carbocycles. The number of unbranched alkanes of at least 4 members (excludes halogenated alkanes) is 4. The molecule has 3 atom stereocenters. The number of allylic oxidation sites excluding steroid dienone is 18. The molecule has 0 aromatic carbocycles. The average Bonchev–Trinajstić information content (AvgIpc) is 3.16. The first kappa shape index (κ1) is 51.1. The van der Waals surface area contributed by atoms with Crippen molar-refractivity contribution in [3.63, 3.8) is 0 Å². The summed E-state index contributed by atoms with van der Waals surface area (Å²) in [7, 11) is -4.55. The smallest absolute Gasteiger partial charge is 0.457 e. The molecule has 0 fully saturated rings. The van der Waals surface area contributed by atoms with Crippen LogP contribution in [0.3, 0.4) is 0 Å². The summed E-state index contributed by atoms with van der Waals surface area (Å²) < 4.78 is 33.2. The maximum Gasteiger partial charge on any atom is 0.472 e. The number of aliphatic hydroxyl groups is 2. The zero-order chi connectivity index (χ0) is 39.6. The molecule has 3 unspecified atom stereocenters. The molecule has 0 heterocycles. The van der Waals surface area contributed by atoms with Crippen molar-refractivity contribution in [2.24, 2.45) is 0 Å². The fourth-order valence-electron chi connectivity index (χ4n) is 4.50. The highest BCUT2D eigenvalue weighted by molar-refractivity contribution is 7.47. The monoisotopic (exact) mass is 774 g/mol. The van der Waals surface area contributed by atoms with Crippen LogP contribution < -0.4 is 0 Å². The van der Waals surface area contributed by atoms with Crippen molar-refractivity contribution in [1.82, 2.24) is 0 Å². The normalized spacial score (nSPS) is 15.3. The van der Waals surface area contributed by atoms with Gasteiger partial charge in [-0.1, -0.05) is 130 Å². The SMILES string of the molecule is CC/C=C\C/C=C\C/C=C\C/C=C\C/C=C\CCCCCC(=O)OC(COCCC/C=C\C/C=C\C/C=C\C/C=C\CC)COP(=O)(O)OCC(O)CO. The maximum absolute atomic E-state index is 12.6. The third kappa shape index (κ3) is 38.8. The van der Waals surface area contributed by atoms with Gasteiger partial charge in [0.25, 0.3) is 0 Å². The summed E-state index contributed by atoms with van der Waals surface area (Å²) >= 11 is 0. The first-order chi connectivity index (χ1) is 26.3. The van der Waals surface area contributed by atoms with Gasteiger partial charge in [-0.25, -0.2) is 4.57 Å². The third-order valence-electron chi connectivity index (χ3n) is 7.45. The van der Waals surface area contributed by atoms with E-state index in [0.717, 1.165) is 89.9 Å². The Hall–Kier alpha value is -2.88. The number of rotatable bonds is 36. The van der Waals surface area contributed by atoms with Crippen LogP contribution in [0.4, 0.5) is 0 Å². The van der Waals surface area contributed by atoms with Crippen LogP contribution in [0, 0.1) is 0 Å². The zero-order valence-corrected chi connectivity index (χ0v) is 34.0. The van der Waals surface area contributed by atoms with E-state index in [9.17, 15) is 19.4 Å². The van der Waals surface area contributed by atoms with E-state index in [0.29, 0.717) is 13.0 Å². The molecule has 0 aromatic rings. The number of hydrogen-bond donors (Lipinski definition) is 3. The number of carbonyl (C=O) groups excluding carboxylic acids is 1. The second-order valence-corrected chi connectivity index (χ2v) is 14.0. The van der Waals surface area contributed by atoms with Gasteiger partial charge in [0, 0.05) is 13.0 Å². The first-order valence-corrected chi connectivity index (χ1v) is 21.4. The Morgan fingerprint density at radius 1 is 0.574 bits per heavy atom. The van der Waals surface area contributed by atoms with Crippen molar-refractivity contribution in [1.29, 1.82) is 0 Å². The minimum absolute atomic E-state index is 0.0106. The zero-order valence-electron chi connectivity index (χ0n) is 33.1. The van der Waals surface area contributed by atoms with Gasteiger partial charge in [0.1, 0.15) is 12.2 Å². The van der Waals surface area contributed by atoms with Gasteiger partial charge in [-0.05, 0) is 89.9 Å². The van der Waals surface area contributed by atoms with E-state index >= 15 is 0 Å². The highest BCUT2D eigenvalue weighted by Gasteiger charge is 2.26. The van der Waals surface area contributed by atoms with Gasteiger partial charge in [0.15, 0.2) is 0 Å². The van der Waals surface area contributed by atoms with Crippen molar-refractivity contribution < 1.29 is 43.0 Å². The lowest BCUT2D eigenvalue weighted by molar-refractivity contribution is -0.154. The van der Waals surface area contributed by atoms with Gasteiger partial charge >= 0.3 is 13.8 Å². The number of phosphoric ester groups is 1. The lowest BCUT2D eigenvalue weighted by Crippen LogP contribution is -2.29. The Labute approximate surface area is 327 Å². The second kappa shape index (κ2) is 39.8. The van der Waals surface area contributed by atoms with E-state index in [2.05, 4.69) is 123 Å². The van der Waals surface area contributed by atoms with Crippen molar-refractivity contribution in [2.75, 3.05) is 33.0 Å². The van der Waals surface area contributed by atoms with Crippen LogP contribution in [0.2, 0.25) is 0 Å². The largest absolute Gasteiger partial charge is 0.472 e. The second-order valence-electron chi connectivity index (χ2n) is 12.5. The van der Waals surface area contributed by atoms with Crippen LogP contribution in [-0.2, 0) is 27.9 Å². The Bertz CT molecular complexity index is 1200. The van der Waals surface area contributed by atoms with Crippen LogP contribution >= 0.6 is 7.82 Å². The highest BCUT2D eigenvalue weighted by atomic mass is 31.2. The van der Waals surface area contributed by atoms with Gasteiger partial charge in [-0.15, -0.1) is 0 Å². The van der Waals surface area contributed by atoms with E-state index in [4.69, 9.17) is 23.6 Å². The molecule has 0 radical (unpaired) electrons. The molecule has 54 heavy (non-hydrogen) atoms. The Morgan fingerprint density at radius 2 is 1.00 bits per heavy atom. The van der Waals surface area contributed by atoms with E-state index in [1.807, 2.05) is 0 Å². The molecular weight excluding hydrogens is 703 g/mol. The van der Waals surface area contributed by atoms with Gasteiger partial charge in [0.05, 0.1) is 26.4 Å². The molecule has 0 aliphatic heterocycles. The van der Waals surface area contributed by atoms with E-state index < -0.39 is 45.8 Å². The number of aliphatic hydroxyl groups excluding tert-OH is 2. The van der Waals surface area contributed by atoms with Crippen molar-refractivity contribution >= 4 is 13.8 Å². The summed E-state index contributed by atoms with van der Waals surface area (Å²) in [4.78, 5) is 22.5. The summed E-state index contributed by atoms with van der Waals surface area (Å²) in [5.74, 6) is -0.439. The molecule has 0 rings (SSSR count). The molecule has 0 spiro atoms. The van der Waals surface area contributed by atoms with Crippen LogP contribution in [0.5, 0.6) is 0 Å². The highest BCUT2D eigenvalue weighted by Crippen LogP contribution is 2.43. The van der Waals surface area contributed by atoms with E-state index in [1.165, 1.54) is 0 Å². The number of esters is 1. The number of phosphoric acid groups is 1. The number of carbonyl (C=O) groups is 1.